The number of rotatable bonds is 7. The lowest BCUT2D eigenvalue weighted by molar-refractivity contribution is -0.119. The molecule has 1 aliphatic carbocycles. The quantitative estimate of drug-likeness (QED) is 0.585. The molecule has 27 heavy (non-hydrogen) atoms. The molecule has 0 bridgehead atoms. The van der Waals surface area contributed by atoms with Crippen LogP contribution in [0.2, 0.25) is 0 Å². The van der Waals surface area contributed by atoms with E-state index in [0.29, 0.717) is 16.1 Å². The molecule has 1 aromatic heterocycles. The minimum Gasteiger partial charge on any atom is -0.337 e. The van der Waals surface area contributed by atoms with Crippen LogP contribution in [0.1, 0.15) is 46.1 Å². The third-order valence-corrected chi connectivity index (χ3v) is 6.12. The van der Waals surface area contributed by atoms with Gasteiger partial charge in [-0.05, 0) is 51.2 Å². The van der Waals surface area contributed by atoms with Gasteiger partial charge in [0.25, 0.3) is 5.56 Å². The number of nitriles is 1. The maximum atomic E-state index is 12.9. The molecule has 142 valence electrons. The largest absolute Gasteiger partial charge is 0.337 e. The Labute approximate surface area is 163 Å². The van der Waals surface area contributed by atoms with Crippen LogP contribution in [0.5, 0.6) is 0 Å². The van der Waals surface area contributed by atoms with Gasteiger partial charge in [-0.2, -0.15) is 5.26 Å². The summed E-state index contributed by atoms with van der Waals surface area (Å²) in [5.74, 6) is 0.133. The molecule has 1 N–H and O–H groups in total. The number of fused-ring (bicyclic) bond motifs is 1. The minimum absolute atomic E-state index is 0.0176. The molecule has 7 heteroatoms. The molecular weight excluding hydrogens is 360 g/mol. The van der Waals surface area contributed by atoms with E-state index in [0.717, 1.165) is 19.3 Å². The zero-order valence-corrected chi connectivity index (χ0v) is 16.7. The van der Waals surface area contributed by atoms with Crippen molar-refractivity contribution in [2.45, 2.75) is 56.8 Å². The van der Waals surface area contributed by atoms with E-state index in [1.54, 1.807) is 17.6 Å². The number of hydrogen-bond acceptors (Lipinski definition) is 5. The van der Waals surface area contributed by atoms with Crippen molar-refractivity contribution in [3.05, 3.63) is 34.6 Å². The Bertz CT molecular complexity index is 961. The predicted octanol–water partition coefficient (Wildman–Crippen LogP) is 3.27. The fourth-order valence-electron chi connectivity index (χ4n) is 3.14. The number of nitrogens with one attached hydrogen (secondary N) is 1. The van der Waals surface area contributed by atoms with Crippen molar-refractivity contribution in [2.24, 2.45) is 5.92 Å². The zero-order valence-electron chi connectivity index (χ0n) is 15.9. The molecule has 1 aromatic carbocycles. The minimum atomic E-state index is -0.815. The second kappa shape index (κ2) is 7.73. The van der Waals surface area contributed by atoms with Crippen molar-refractivity contribution in [1.29, 1.82) is 5.26 Å². The number of thioether (sulfide) groups is 1. The lowest BCUT2D eigenvalue weighted by atomic mass is 9.98. The second-order valence-corrected chi connectivity index (χ2v) is 8.21. The van der Waals surface area contributed by atoms with E-state index < -0.39 is 5.54 Å². The van der Waals surface area contributed by atoms with E-state index in [2.05, 4.69) is 16.4 Å². The number of aromatic nitrogens is 2. The summed E-state index contributed by atoms with van der Waals surface area (Å²) >= 11 is 1.24. The molecule has 0 unspecified atom stereocenters. The van der Waals surface area contributed by atoms with Gasteiger partial charge in [-0.1, -0.05) is 30.8 Å². The average molecular weight is 385 g/mol. The first kappa shape index (κ1) is 19.4. The fraction of sp³-hybridized carbons (Fsp3) is 0.500. The molecule has 6 nitrogen and oxygen atoms in total. The molecule has 2 atom stereocenters. The van der Waals surface area contributed by atoms with Crippen molar-refractivity contribution in [1.82, 2.24) is 14.9 Å². The summed E-state index contributed by atoms with van der Waals surface area (Å²) in [5, 5.41) is 13.4. The highest BCUT2D eigenvalue weighted by Gasteiger charge is 2.43. The first-order valence-corrected chi connectivity index (χ1v) is 10.2. The van der Waals surface area contributed by atoms with E-state index in [9.17, 15) is 14.9 Å². The summed E-state index contributed by atoms with van der Waals surface area (Å²) in [7, 11) is 0. The summed E-state index contributed by atoms with van der Waals surface area (Å²) in [6.07, 6.45) is 2.72. The van der Waals surface area contributed by atoms with Crippen LogP contribution in [-0.4, -0.2) is 26.8 Å². The van der Waals surface area contributed by atoms with Crippen LogP contribution in [0.25, 0.3) is 10.9 Å². The number of carbonyl (C=O) groups is 1. The Kier molecular flexibility index (Phi) is 5.56. The van der Waals surface area contributed by atoms with Gasteiger partial charge in [-0.25, -0.2) is 4.98 Å². The van der Waals surface area contributed by atoms with Crippen molar-refractivity contribution in [3.8, 4) is 6.07 Å². The highest BCUT2D eigenvalue weighted by Crippen LogP contribution is 2.39. The number of nitrogens with zero attached hydrogens (tertiary/aromatic N) is 3. The third kappa shape index (κ3) is 4.01. The Balaban J connectivity index is 1.84. The van der Waals surface area contributed by atoms with E-state index in [4.69, 9.17) is 0 Å². The maximum absolute atomic E-state index is 12.9. The molecule has 1 saturated carbocycles. The van der Waals surface area contributed by atoms with Gasteiger partial charge < -0.3 is 5.32 Å². The lowest BCUT2D eigenvalue weighted by Crippen LogP contribution is -2.47. The van der Waals surface area contributed by atoms with E-state index in [-0.39, 0.29) is 29.2 Å². The summed E-state index contributed by atoms with van der Waals surface area (Å²) < 4.78 is 1.67. The van der Waals surface area contributed by atoms with Crippen molar-refractivity contribution in [2.75, 3.05) is 5.75 Å². The number of carbonyl (C=O) groups excluding carboxylic acids is 1. The Morgan fingerprint density at radius 2 is 2.19 bits per heavy atom. The predicted molar refractivity (Wildman–Crippen MR) is 107 cm³/mol. The van der Waals surface area contributed by atoms with E-state index in [1.165, 1.54) is 11.8 Å². The first-order valence-electron chi connectivity index (χ1n) is 9.26. The van der Waals surface area contributed by atoms with Crippen LogP contribution in [0, 0.1) is 17.2 Å². The van der Waals surface area contributed by atoms with Gasteiger partial charge >= 0.3 is 0 Å². The molecule has 1 heterocycles. The number of amides is 1. The Morgan fingerprint density at radius 1 is 1.48 bits per heavy atom. The van der Waals surface area contributed by atoms with E-state index in [1.807, 2.05) is 32.0 Å². The smallest absolute Gasteiger partial charge is 0.262 e. The van der Waals surface area contributed by atoms with Gasteiger partial charge in [0.2, 0.25) is 5.91 Å². The average Bonchev–Trinajstić information content (AvgIpc) is 3.51. The Hall–Kier alpha value is -2.33. The second-order valence-electron chi connectivity index (χ2n) is 7.27. The summed E-state index contributed by atoms with van der Waals surface area (Å²) in [5.41, 5.74) is -0.271. The monoisotopic (exact) mass is 384 g/mol. The van der Waals surface area contributed by atoms with Crippen LogP contribution in [0.4, 0.5) is 0 Å². The highest BCUT2D eigenvalue weighted by atomic mass is 32.2. The lowest BCUT2D eigenvalue weighted by Gasteiger charge is -2.23. The van der Waals surface area contributed by atoms with Gasteiger partial charge in [-0.15, -0.1) is 0 Å². The third-order valence-electron chi connectivity index (χ3n) is 5.16. The van der Waals surface area contributed by atoms with Crippen LogP contribution < -0.4 is 10.9 Å². The number of benzene rings is 1. The van der Waals surface area contributed by atoms with Crippen molar-refractivity contribution >= 4 is 28.6 Å². The van der Waals surface area contributed by atoms with Gasteiger partial charge in [0.15, 0.2) is 5.16 Å². The van der Waals surface area contributed by atoms with Crippen molar-refractivity contribution in [3.63, 3.8) is 0 Å². The standard InChI is InChI=1S/C20H24N4O2S/c1-4-13(2)24-18(26)15-7-5-6-8-16(15)22-19(24)27-11-17(25)23-20(3,12-21)14-9-10-14/h5-8,13-14H,4,9-11H2,1-3H3,(H,23,25)/t13-,20-/m1/s1. The van der Waals surface area contributed by atoms with Crippen LogP contribution in [0.3, 0.4) is 0 Å². The van der Waals surface area contributed by atoms with Crippen molar-refractivity contribution < 1.29 is 4.79 Å². The SMILES string of the molecule is CC[C@@H](C)n1c(SCC(=O)N[C@](C)(C#N)C2CC2)nc2ccccc2c1=O. The summed E-state index contributed by atoms with van der Waals surface area (Å²) in [6.45, 7) is 5.76. The molecular formula is C20H24N4O2S. The highest BCUT2D eigenvalue weighted by molar-refractivity contribution is 7.99. The molecule has 0 aliphatic heterocycles. The Morgan fingerprint density at radius 3 is 2.81 bits per heavy atom. The molecule has 1 amide bonds. The van der Waals surface area contributed by atoms with Crippen LogP contribution in [-0.2, 0) is 4.79 Å². The van der Waals surface area contributed by atoms with Gasteiger partial charge in [0, 0.05) is 6.04 Å². The molecule has 0 radical (unpaired) electrons. The molecule has 3 rings (SSSR count). The fourth-order valence-corrected chi connectivity index (χ4v) is 4.03. The zero-order chi connectivity index (χ0) is 19.6. The molecule has 1 aliphatic rings. The van der Waals surface area contributed by atoms with Gasteiger partial charge in [0.1, 0.15) is 5.54 Å². The maximum Gasteiger partial charge on any atom is 0.262 e. The number of hydrogen-bond donors (Lipinski definition) is 1. The molecule has 0 spiro atoms. The number of para-hydroxylation sites is 1. The summed E-state index contributed by atoms with van der Waals surface area (Å²) in [6, 6.07) is 9.47. The molecule has 2 aromatic rings. The molecule has 1 fully saturated rings. The van der Waals surface area contributed by atoms with Crippen LogP contribution >= 0.6 is 11.8 Å². The summed E-state index contributed by atoms with van der Waals surface area (Å²) in [4.78, 5) is 30.0. The first-order chi connectivity index (χ1) is 12.9. The molecule has 0 saturated heterocycles. The van der Waals surface area contributed by atoms with Gasteiger partial charge in [-0.3, -0.25) is 14.2 Å². The normalized spacial score (nSPS) is 17.1. The topological polar surface area (TPSA) is 87.8 Å². The van der Waals surface area contributed by atoms with Gasteiger partial charge in [0.05, 0.1) is 22.7 Å². The van der Waals surface area contributed by atoms with E-state index >= 15 is 0 Å². The van der Waals surface area contributed by atoms with Crippen LogP contribution in [0.15, 0.2) is 34.2 Å².